The third-order valence-electron chi connectivity index (χ3n) is 5.27. The van der Waals surface area contributed by atoms with E-state index >= 15 is 4.39 Å². The molecule has 0 fully saturated rings. The van der Waals surface area contributed by atoms with Crippen molar-refractivity contribution < 1.29 is 13.5 Å². The van der Waals surface area contributed by atoms with E-state index in [4.69, 9.17) is 16.3 Å². The molecule has 0 saturated carbocycles. The molecule has 8 heteroatoms. The van der Waals surface area contributed by atoms with Crippen LogP contribution < -0.4 is 10.2 Å². The Balaban J connectivity index is 1.95. The van der Waals surface area contributed by atoms with Crippen molar-refractivity contribution in [3.63, 3.8) is 0 Å². The van der Waals surface area contributed by atoms with Crippen LogP contribution in [0.5, 0.6) is 5.88 Å². The first-order valence-electron chi connectivity index (χ1n) is 10.6. The van der Waals surface area contributed by atoms with E-state index < -0.39 is 22.8 Å². The molecule has 34 heavy (non-hydrogen) atoms. The molecule has 2 heterocycles. The van der Waals surface area contributed by atoms with Crippen molar-refractivity contribution in [3.05, 3.63) is 92.1 Å². The highest BCUT2D eigenvalue weighted by Crippen LogP contribution is 2.26. The van der Waals surface area contributed by atoms with Crippen LogP contribution in [0, 0.1) is 19.7 Å². The van der Waals surface area contributed by atoms with Crippen LogP contribution in [0.3, 0.4) is 0 Å². The Morgan fingerprint density at radius 1 is 1.12 bits per heavy atom. The molecule has 0 N–H and O–H groups in total. The van der Waals surface area contributed by atoms with Gasteiger partial charge in [0.1, 0.15) is 11.5 Å². The highest BCUT2D eigenvalue weighted by atomic mass is 35.5. The maximum atomic E-state index is 15.5. The molecule has 2 aromatic carbocycles. The summed E-state index contributed by atoms with van der Waals surface area (Å²) in [5.41, 5.74) is 1.55. The van der Waals surface area contributed by atoms with Crippen LogP contribution in [0.15, 0.2) is 53.5 Å². The number of aryl methyl sites for hydroxylation is 2. The summed E-state index contributed by atoms with van der Waals surface area (Å²) in [6.45, 7) is 7.43. The monoisotopic (exact) mass is 481 g/mol. The van der Waals surface area contributed by atoms with Crippen molar-refractivity contribution in [1.82, 2.24) is 14.8 Å². The van der Waals surface area contributed by atoms with Crippen molar-refractivity contribution in [2.24, 2.45) is 0 Å². The smallest absolute Gasteiger partial charge is 0.218 e. The third-order valence-corrected chi connectivity index (χ3v) is 5.51. The summed E-state index contributed by atoms with van der Waals surface area (Å²) in [4.78, 5) is 17.3. The topological polar surface area (TPSA) is 57.0 Å². The maximum absolute atomic E-state index is 15.5. The van der Waals surface area contributed by atoms with Gasteiger partial charge in [-0.25, -0.2) is 18.4 Å². The number of nitrogens with zero attached hydrogens (tertiary/aromatic N) is 3. The summed E-state index contributed by atoms with van der Waals surface area (Å²) in [6.07, 6.45) is 2.55. The molecule has 0 aliphatic carbocycles. The van der Waals surface area contributed by atoms with Gasteiger partial charge in [0.15, 0.2) is 11.5 Å². The fourth-order valence-electron chi connectivity index (χ4n) is 3.51. The molecule has 0 radical (unpaired) electrons. The Labute approximate surface area is 200 Å². The Hall–Kier alpha value is -3.58. The minimum absolute atomic E-state index is 0.0447. The van der Waals surface area contributed by atoms with E-state index in [1.807, 2.05) is 27.7 Å². The molecule has 4 rings (SSSR count). The summed E-state index contributed by atoms with van der Waals surface area (Å²) in [7, 11) is 0. The highest BCUT2D eigenvalue weighted by molar-refractivity contribution is 6.30. The summed E-state index contributed by atoms with van der Waals surface area (Å²) in [5, 5.41) is 4.67. The van der Waals surface area contributed by atoms with Gasteiger partial charge in [-0.05, 0) is 86.9 Å². The van der Waals surface area contributed by atoms with Crippen LogP contribution in [0.4, 0.5) is 8.78 Å². The molecule has 0 saturated heterocycles. The predicted molar refractivity (Wildman–Crippen MR) is 131 cm³/mol. The van der Waals surface area contributed by atoms with E-state index in [1.54, 1.807) is 24.3 Å². The Morgan fingerprint density at radius 3 is 2.56 bits per heavy atom. The van der Waals surface area contributed by atoms with Gasteiger partial charge in [0.25, 0.3) is 0 Å². The molecule has 2 aromatic heterocycles. The molecule has 0 aliphatic rings. The molecule has 0 atom stereocenters. The van der Waals surface area contributed by atoms with E-state index in [1.165, 1.54) is 29.1 Å². The first-order valence-corrected chi connectivity index (χ1v) is 11.0. The number of fused-ring (bicyclic) bond motifs is 1. The summed E-state index contributed by atoms with van der Waals surface area (Å²) in [5.74, 6) is -1.19. The molecule has 5 nitrogen and oxygen atoms in total. The highest BCUT2D eigenvalue weighted by Gasteiger charge is 2.19. The van der Waals surface area contributed by atoms with Gasteiger partial charge >= 0.3 is 0 Å². The van der Waals surface area contributed by atoms with Crippen LogP contribution in [0.2, 0.25) is 5.02 Å². The average Bonchev–Trinajstić information content (AvgIpc) is 2.76. The summed E-state index contributed by atoms with van der Waals surface area (Å²) < 4.78 is 37.1. The molecule has 0 unspecified atom stereocenters. The number of benzene rings is 2. The SMILES string of the molecule is Cc1cc2c(=O)c(/C(F)=C/c3ccnc(OC(C)C)c3)nn(-c3ccc(Cl)cc3F)c2cc1C. The fourth-order valence-corrected chi connectivity index (χ4v) is 3.67. The number of aromatic nitrogens is 3. The van der Waals surface area contributed by atoms with E-state index in [2.05, 4.69) is 10.1 Å². The van der Waals surface area contributed by atoms with Gasteiger partial charge in [-0.2, -0.15) is 5.10 Å². The summed E-state index contributed by atoms with van der Waals surface area (Å²) in [6, 6.07) is 10.6. The number of rotatable bonds is 5. The second kappa shape index (κ2) is 9.35. The van der Waals surface area contributed by atoms with E-state index in [9.17, 15) is 9.18 Å². The zero-order valence-corrected chi connectivity index (χ0v) is 19.8. The van der Waals surface area contributed by atoms with E-state index in [-0.39, 0.29) is 22.2 Å². The van der Waals surface area contributed by atoms with Crippen LogP contribution in [0.25, 0.3) is 28.5 Å². The molecule has 0 spiro atoms. The van der Waals surface area contributed by atoms with Gasteiger partial charge < -0.3 is 4.74 Å². The van der Waals surface area contributed by atoms with Gasteiger partial charge in [0.05, 0.1) is 17.0 Å². The lowest BCUT2D eigenvalue weighted by molar-refractivity contribution is 0.232. The summed E-state index contributed by atoms with van der Waals surface area (Å²) >= 11 is 5.91. The molecule has 0 aliphatic heterocycles. The second-order valence-electron chi connectivity index (χ2n) is 8.23. The van der Waals surface area contributed by atoms with Crippen LogP contribution in [-0.2, 0) is 0 Å². The zero-order chi connectivity index (χ0) is 24.6. The number of ether oxygens (including phenoxy) is 1. The minimum atomic E-state index is -0.866. The molecular weight excluding hydrogens is 460 g/mol. The van der Waals surface area contributed by atoms with Crippen molar-refractivity contribution >= 4 is 34.4 Å². The molecule has 0 bridgehead atoms. The van der Waals surface area contributed by atoms with Crippen molar-refractivity contribution in [3.8, 4) is 11.6 Å². The quantitative estimate of drug-likeness (QED) is 0.329. The molecule has 4 aromatic rings. The Bertz CT molecular complexity index is 1500. The predicted octanol–water partition coefficient (Wildman–Crippen LogP) is 6.44. The number of halogens is 3. The maximum Gasteiger partial charge on any atom is 0.218 e. The van der Waals surface area contributed by atoms with E-state index in [0.717, 1.165) is 17.2 Å². The van der Waals surface area contributed by atoms with Gasteiger partial charge in [0.2, 0.25) is 11.3 Å². The van der Waals surface area contributed by atoms with Gasteiger partial charge in [-0.15, -0.1) is 0 Å². The largest absolute Gasteiger partial charge is 0.475 e. The second-order valence-corrected chi connectivity index (χ2v) is 8.66. The van der Waals surface area contributed by atoms with Crippen LogP contribution >= 0.6 is 11.6 Å². The van der Waals surface area contributed by atoms with Crippen LogP contribution in [0.1, 0.15) is 36.2 Å². The number of pyridine rings is 1. The third kappa shape index (κ3) is 4.70. The van der Waals surface area contributed by atoms with Gasteiger partial charge in [-0.1, -0.05) is 11.6 Å². The van der Waals surface area contributed by atoms with Crippen molar-refractivity contribution in [1.29, 1.82) is 0 Å². The standard InChI is InChI=1S/C26H22ClF2N3O2/c1-14(2)34-24-12-17(7-8-30-24)11-21(29)25-26(33)19-9-15(3)16(4)10-23(19)32(31-25)22-6-5-18(27)13-20(22)28/h5-14H,1-4H3/b21-11-. The lowest BCUT2D eigenvalue weighted by Crippen LogP contribution is -2.18. The van der Waals surface area contributed by atoms with Gasteiger partial charge in [-0.3, -0.25) is 4.79 Å². The average molecular weight is 482 g/mol. The normalized spacial score (nSPS) is 11.9. The molecular formula is C26H22ClF2N3O2. The lowest BCUT2D eigenvalue weighted by atomic mass is 10.0. The molecule has 174 valence electrons. The van der Waals surface area contributed by atoms with Gasteiger partial charge in [0, 0.05) is 17.3 Å². The number of hydrogen-bond acceptors (Lipinski definition) is 4. The first kappa shape index (κ1) is 23.6. The Kier molecular flexibility index (Phi) is 6.48. The first-order chi connectivity index (χ1) is 16.1. The molecule has 0 amide bonds. The minimum Gasteiger partial charge on any atom is -0.475 e. The van der Waals surface area contributed by atoms with E-state index in [0.29, 0.717) is 17.0 Å². The zero-order valence-electron chi connectivity index (χ0n) is 19.1. The Morgan fingerprint density at radius 2 is 1.85 bits per heavy atom. The fraction of sp³-hybridized carbons (Fsp3) is 0.192. The van der Waals surface area contributed by atoms with Crippen molar-refractivity contribution in [2.75, 3.05) is 0 Å². The van der Waals surface area contributed by atoms with Crippen molar-refractivity contribution in [2.45, 2.75) is 33.8 Å². The lowest BCUT2D eigenvalue weighted by Gasteiger charge is -2.14. The number of hydrogen-bond donors (Lipinski definition) is 0. The van der Waals surface area contributed by atoms with Crippen LogP contribution in [-0.4, -0.2) is 20.9 Å².